The summed E-state index contributed by atoms with van der Waals surface area (Å²) in [5, 5.41) is 6.22. The van der Waals surface area contributed by atoms with Crippen LogP contribution in [0.4, 0.5) is 5.69 Å². The van der Waals surface area contributed by atoms with Gasteiger partial charge in [-0.2, -0.15) is 0 Å². The number of benzene rings is 2. The molecule has 0 radical (unpaired) electrons. The van der Waals surface area contributed by atoms with E-state index in [0.717, 1.165) is 16.1 Å². The van der Waals surface area contributed by atoms with Gasteiger partial charge in [0.15, 0.2) is 0 Å². The van der Waals surface area contributed by atoms with Crippen molar-refractivity contribution in [1.29, 1.82) is 0 Å². The van der Waals surface area contributed by atoms with Gasteiger partial charge in [-0.25, -0.2) is 0 Å². The molecule has 0 atom stereocenters. The topological polar surface area (TPSA) is 58.2 Å². The molecule has 0 fully saturated rings. The average Bonchev–Trinajstić information content (AvgIpc) is 2.52. The Morgan fingerprint density at radius 2 is 1.87 bits per heavy atom. The van der Waals surface area contributed by atoms with E-state index < -0.39 is 0 Å². The van der Waals surface area contributed by atoms with E-state index in [-0.39, 0.29) is 11.8 Å². The molecule has 0 saturated heterocycles. The van der Waals surface area contributed by atoms with Gasteiger partial charge in [0, 0.05) is 29.1 Å². The highest BCUT2D eigenvalue weighted by atomic mass is 35.5. The van der Waals surface area contributed by atoms with Crippen LogP contribution in [-0.4, -0.2) is 17.6 Å². The van der Waals surface area contributed by atoms with E-state index in [2.05, 4.69) is 10.6 Å². The molecule has 0 bridgehead atoms. The number of carbonyl (C=O) groups excluding carboxylic acids is 2. The molecule has 0 aliphatic rings. The zero-order valence-electron chi connectivity index (χ0n) is 12.6. The fourth-order valence-electron chi connectivity index (χ4n) is 1.89. The van der Waals surface area contributed by atoms with Gasteiger partial charge >= 0.3 is 0 Å². The average molecular weight is 349 g/mol. The lowest BCUT2D eigenvalue weighted by atomic mass is 10.2. The highest BCUT2D eigenvalue weighted by Crippen LogP contribution is 2.20. The number of nitrogens with one attached hydrogen (secondary N) is 2. The first-order valence-corrected chi connectivity index (χ1v) is 8.41. The maximum Gasteiger partial charge on any atom is 0.230 e. The maximum atomic E-state index is 11.9. The van der Waals surface area contributed by atoms with Gasteiger partial charge in [0.25, 0.3) is 0 Å². The minimum absolute atomic E-state index is 0.0408. The van der Waals surface area contributed by atoms with Crippen LogP contribution < -0.4 is 10.6 Å². The second-order valence-electron chi connectivity index (χ2n) is 4.90. The molecule has 2 aromatic carbocycles. The lowest BCUT2D eigenvalue weighted by molar-refractivity contribution is -0.118. The van der Waals surface area contributed by atoms with Gasteiger partial charge in [-0.15, -0.1) is 11.8 Å². The predicted octanol–water partition coefficient (Wildman–Crippen LogP) is 3.71. The smallest absolute Gasteiger partial charge is 0.230 e. The van der Waals surface area contributed by atoms with Crippen LogP contribution in [0.3, 0.4) is 0 Å². The molecule has 0 saturated carbocycles. The van der Waals surface area contributed by atoms with Crippen LogP contribution in [0.15, 0.2) is 53.4 Å². The Morgan fingerprint density at radius 3 is 2.52 bits per heavy atom. The van der Waals surface area contributed by atoms with E-state index in [4.69, 9.17) is 11.6 Å². The highest BCUT2D eigenvalue weighted by Gasteiger charge is 2.04. The lowest BCUT2D eigenvalue weighted by Crippen LogP contribution is -2.24. The van der Waals surface area contributed by atoms with Crippen LogP contribution in [0.1, 0.15) is 12.5 Å². The lowest BCUT2D eigenvalue weighted by Gasteiger charge is -2.07. The number of anilines is 1. The quantitative estimate of drug-likeness (QED) is 0.782. The van der Waals surface area contributed by atoms with Crippen LogP contribution in [0, 0.1) is 0 Å². The van der Waals surface area contributed by atoms with Gasteiger partial charge in [0.2, 0.25) is 11.8 Å². The van der Waals surface area contributed by atoms with Crippen molar-refractivity contribution in [3.05, 3.63) is 59.1 Å². The van der Waals surface area contributed by atoms with Gasteiger partial charge in [0.1, 0.15) is 0 Å². The van der Waals surface area contributed by atoms with Crippen LogP contribution in [0.2, 0.25) is 5.02 Å². The zero-order chi connectivity index (χ0) is 16.7. The summed E-state index contributed by atoms with van der Waals surface area (Å²) in [6.45, 7) is 1.92. The van der Waals surface area contributed by atoms with E-state index >= 15 is 0 Å². The molecule has 2 amide bonds. The van der Waals surface area contributed by atoms with E-state index in [1.165, 1.54) is 18.7 Å². The molecule has 0 heterocycles. The molecular weight excluding hydrogens is 332 g/mol. The number of rotatable bonds is 6. The summed E-state index contributed by atoms with van der Waals surface area (Å²) < 4.78 is 0. The maximum absolute atomic E-state index is 11.9. The highest BCUT2D eigenvalue weighted by molar-refractivity contribution is 8.00. The minimum atomic E-state index is -0.106. The van der Waals surface area contributed by atoms with Gasteiger partial charge in [-0.05, 0) is 42.0 Å². The third-order valence-electron chi connectivity index (χ3n) is 2.92. The molecule has 0 aliphatic heterocycles. The number of amides is 2. The molecule has 4 nitrogen and oxygen atoms in total. The molecule has 120 valence electrons. The van der Waals surface area contributed by atoms with Crippen molar-refractivity contribution in [2.75, 3.05) is 11.1 Å². The second-order valence-corrected chi connectivity index (χ2v) is 6.39. The Bertz CT molecular complexity index is 689. The molecule has 2 aromatic rings. The van der Waals surface area contributed by atoms with Crippen molar-refractivity contribution in [1.82, 2.24) is 5.32 Å². The van der Waals surface area contributed by atoms with Crippen molar-refractivity contribution in [3.63, 3.8) is 0 Å². The molecular formula is C17H17ClN2O2S. The number of hydrogen-bond acceptors (Lipinski definition) is 3. The Labute approximate surface area is 144 Å². The SMILES string of the molecule is CC(=O)Nc1ccc(SCC(=O)NCc2cccc(Cl)c2)cc1. The largest absolute Gasteiger partial charge is 0.351 e. The standard InChI is InChI=1S/C17H17ClN2O2S/c1-12(21)20-15-5-7-16(8-6-15)23-11-17(22)19-10-13-3-2-4-14(18)9-13/h2-9H,10-11H2,1H3,(H,19,22)(H,20,21). The minimum Gasteiger partial charge on any atom is -0.351 e. The van der Waals surface area contributed by atoms with Crippen molar-refractivity contribution >= 4 is 40.9 Å². The van der Waals surface area contributed by atoms with Crippen LogP contribution in [-0.2, 0) is 16.1 Å². The Balaban J connectivity index is 1.76. The van der Waals surface area contributed by atoms with Gasteiger partial charge < -0.3 is 10.6 Å². The normalized spacial score (nSPS) is 10.2. The number of halogens is 1. The Hall–Kier alpha value is -1.98. The van der Waals surface area contributed by atoms with E-state index in [0.29, 0.717) is 17.3 Å². The van der Waals surface area contributed by atoms with Crippen molar-refractivity contribution in [3.8, 4) is 0 Å². The van der Waals surface area contributed by atoms with Crippen LogP contribution in [0.25, 0.3) is 0 Å². The first-order valence-electron chi connectivity index (χ1n) is 7.04. The van der Waals surface area contributed by atoms with Gasteiger partial charge in [0.05, 0.1) is 5.75 Å². The van der Waals surface area contributed by atoms with Crippen LogP contribution in [0.5, 0.6) is 0 Å². The number of hydrogen-bond donors (Lipinski definition) is 2. The number of carbonyl (C=O) groups is 2. The molecule has 0 aromatic heterocycles. The zero-order valence-corrected chi connectivity index (χ0v) is 14.2. The molecule has 23 heavy (non-hydrogen) atoms. The van der Waals surface area contributed by atoms with E-state index in [9.17, 15) is 9.59 Å². The molecule has 6 heteroatoms. The Kier molecular flexibility index (Phi) is 6.50. The fourth-order valence-corrected chi connectivity index (χ4v) is 2.83. The molecule has 0 unspecified atom stereocenters. The molecule has 0 aliphatic carbocycles. The van der Waals surface area contributed by atoms with E-state index in [1.54, 1.807) is 6.07 Å². The third-order valence-corrected chi connectivity index (χ3v) is 4.17. The summed E-state index contributed by atoms with van der Waals surface area (Å²) in [6.07, 6.45) is 0. The molecule has 2 N–H and O–H groups in total. The van der Waals surface area contributed by atoms with Gasteiger partial charge in [-0.3, -0.25) is 9.59 Å². The number of thioether (sulfide) groups is 1. The fraction of sp³-hybridized carbons (Fsp3) is 0.176. The summed E-state index contributed by atoms with van der Waals surface area (Å²) in [5.41, 5.74) is 1.71. The first kappa shape index (κ1) is 17.4. The van der Waals surface area contributed by atoms with Crippen molar-refractivity contribution in [2.45, 2.75) is 18.4 Å². The molecule has 2 rings (SSSR count). The first-order chi connectivity index (χ1) is 11.0. The van der Waals surface area contributed by atoms with Crippen molar-refractivity contribution in [2.24, 2.45) is 0 Å². The Morgan fingerprint density at radius 1 is 1.13 bits per heavy atom. The summed E-state index contributed by atoms with van der Waals surface area (Å²) in [5.74, 6) is 0.187. The third kappa shape index (κ3) is 6.34. The predicted molar refractivity (Wildman–Crippen MR) is 94.8 cm³/mol. The summed E-state index contributed by atoms with van der Waals surface area (Å²) in [4.78, 5) is 23.8. The second kappa shape index (κ2) is 8.60. The summed E-state index contributed by atoms with van der Waals surface area (Å²) in [6, 6.07) is 14.8. The molecule has 0 spiro atoms. The monoisotopic (exact) mass is 348 g/mol. The van der Waals surface area contributed by atoms with E-state index in [1.807, 2.05) is 42.5 Å². The summed E-state index contributed by atoms with van der Waals surface area (Å²) in [7, 11) is 0. The van der Waals surface area contributed by atoms with Crippen LogP contribution >= 0.6 is 23.4 Å². The van der Waals surface area contributed by atoms with Gasteiger partial charge in [-0.1, -0.05) is 23.7 Å². The van der Waals surface area contributed by atoms with Crippen molar-refractivity contribution < 1.29 is 9.59 Å². The summed E-state index contributed by atoms with van der Waals surface area (Å²) >= 11 is 7.35.